The van der Waals surface area contributed by atoms with Crippen LogP contribution in [0.25, 0.3) is 11.0 Å². The molecule has 0 aliphatic rings. The topological polar surface area (TPSA) is 45.8 Å². The van der Waals surface area contributed by atoms with Crippen molar-refractivity contribution in [3.63, 3.8) is 0 Å². The Kier molecular flexibility index (Phi) is 2.44. The summed E-state index contributed by atoms with van der Waals surface area (Å²) >= 11 is 0. The lowest BCUT2D eigenvalue weighted by Gasteiger charge is -2.04. The molecule has 0 unspecified atom stereocenters. The number of aromatic hydroxyl groups is 1. The van der Waals surface area contributed by atoms with E-state index in [1.165, 1.54) is 0 Å². The molecule has 0 spiro atoms. The van der Waals surface area contributed by atoms with Gasteiger partial charge in [0.15, 0.2) is 0 Å². The molecule has 0 aliphatic heterocycles. The smallest absolute Gasteiger partial charge is 0.349 e. The van der Waals surface area contributed by atoms with E-state index < -0.39 is 0 Å². The molecule has 0 aliphatic carbocycles. The van der Waals surface area contributed by atoms with E-state index >= 15 is 0 Å². The molecule has 4 heteroatoms. The Hall–Kier alpha value is -2.88. The second-order valence-electron chi connectivity index (χ2n) is 5.11. The lowest BCUT2D eigenvalue weighted by molar-refractivity contribution is -0.525. The zero-order chi connectivity index (χ0) is 14.4. The summed E-state index contributed by atoms with van der Waals surface area (Å²) < 4.78 is 3.25. The van der Waals surface area contributed by atoms with Crippen molar-refractivity contribution in [1.82, 2.24) is 4.40 Å². The van der Waals surface area contributed by atoms with E-state index in [1.807, 2.05) is 48.5 Å². The number of hydrogen-bond acceptors (Lipinski definition) is 2. The van der Waals surface area contributed by atoms with Crippen molar-refractivity contribution in [2.24, 2.45) is 0 Å². The van der Waals surface area contributed by atoms with Crippen LogP contribution in [0.15, 0.2) is 65.7 Å². The van der Waals surface area contributed by atoms with Gasteiger partial charge in [0.05, 0.1) is 11.6 Å². The maximum absolute atomic E-state index is 12.6. The third-order valence-corrected chi connectivity index (χ3v) is 3.83. The number of pyridine rings is 1. The zero-order valence-corrected chi connectivity index (χ0v) is 11.2. The molecule has 4 nitrogen and oxygen atoms in total. The van der Waals surface area contributed by atoms with Crippen LogP contribution >= 0.6 is 0 Å². The number of hydrogen-bond donors (Lipinski definition) is 1. The van der Waals surface area contributed by atoms with Gasteiger partial charge in [0.1, 0.15) is 11.8 Å². The van der Waals surface area contributed by atoms with Crippen LogP contribution in [-0.4, -0.2) is 9.51 Å². The van der Waals surface area contributed by atoms with Gasteiger partial charge in [-0.25, -0.2) is 4.79 Å². The predicted molar refractivity (Wildman–Crippen MR) is 78.9 cm³/mol. The van der Waals surface area contributed by atoms with E-state index in [9.17, 15) is 9.90 Å². The fraction of sp³-hybridized carbons (Fsp3) is 0.0588. The van der Waals surface area contributed by atoms with E-state index in [1.54, 1.807) is 21.2 Å². The van der Waals surface area contributed by atoms with Gasteiger partial charge in [0.25, 0.3) is 5.88 Å². The first kappa shape index (κ1) is 11.9. The fourth-order valence-electron chi connectivity index (χ4n) is 2.80. The molecule has 21 heavy (non-hydrogen) atoms. The Balaban J connectivity index is 2.03. The molecule has 0 fully saturated rings. The summed E-state index contributed by atoms with van der Waals surface area (Å²) in [5.74, 6) is 0.0145. The summed E-state index contributed by atoms with van der Waals surface area (Å²) in [7, 11) is 0. The van der Waals surface area contributed by atoms with E-state index in [0.717, 1.165) is 10.9 Å². The maximum Gasteiger partial charge on any atom is 0.349 e. The summed E-state index contributed by atoms with van der Waals surface area (Å²) in [6.45, 7) is 0. The van der Waals surface area contributed by atoms with Gasteiger partial charge in [0, 0.05) is 6.42 Å². The molecule has 102 valence electrons. The number of rotatable bonds is 2. The normalized spacial score (nSPS) is 11.4. The van der Waals surface area contributed by atoms with E-state index in [4.69, 9.17) is 0 Å². The molecule has 0 atom stereocenters. The average Bonchev–Trinajstić information content (AvgIpc) is 2.95. The molecule has 1 aromatic carbocycles. The largest absolute Gasteiger partial charge is 0.477 e. The van der Waals surface area contributed by atoms with Gasteiger partial charge in [-0.2, -0.15) is 8.80 Å². The Morgan fingerprint density at radius 3 is 2.67 bits per heavy atom. The molecular weight excluding hydrogens is 264 g/mol. The molecule has 4 rings (SSSR count). The van der Waals surface area contributed by atoms with Crippen LogP contribution in [0.4, 0.5) is 0 Å². The third-order valence-electron chi connectivity index (χ3n) is 3.83. The molecule has 3 aromatic heterocycles. The van der Waals surface area contributed by atoms with Gasteiger partial charge >= 0.3 is 11.2 Å². The molecular formula is C17H13N2O2+. The SMILES string of the molecule is O=c1c(Cc2ccccc2)c(O)[n+]2cccc3ccn1c32. The summed E-state index contributed by atoms with van der Waals surface area (Å²) in [5, 5.41) is 11.4. The Morgan fingerprint density at radius 2 is 1.86 bits per heavy atom. The first-order valence-corrected chi connectivity index (χ1v) is 6.78. The number of aromatic nitrogens is 2. The van der Waals surface area contributed by atoms with Crippen LogP contribution in [0.5, 0.6) is 5.88 Å². The minimum absolute atomic E-state index is 0.0145. The Bertz CT molecular complexity index is 990. The van der Waals surface area contributed by atoms with Crippen molar-refractivity contribution < 1.29 is 9.51 Å². The molecule has 0 saturated heterocycles. The average molecular weight is 277 g/mol. The predicted octanol–water partition coefficient (Wildman–Crippen LogP) is 1.77. The van der Waals surface area contributed by atoms with E-state index in [0.29, 0.717) is 17.6 Å². The highest BCUT2D eigenvalue weighted by atomic mass is 16.3. The van der Waals surface area contributed by atoms with Crippen molar-refractivity contribution in [2.45, 2.75) is 6.42 Å². The fourth-order valence-corrected chi connectivity index (χ4v) is 2.80. The second-order valence-corrected chi connectivity index (χ2v) is 5.11. The van der Waals surface area contributed by atoms with Gasteiger partial charge in [0.2, 0.25) is 0 Å². The van der Waals surface area contributed by atoms with Crippen molar-refractivity contribution in [2.75, 3.05) is 0 Å². The molecule has 0 bridgehead atoms. The molecule has 4 aromatic rings. The highest BCUT2D eigenvalue weighted by Gasteiger charge is 2.23. The summed E-state index contributed by atoms with van der Waals surface area (Å²) in [6.07, 6.45) is 3.93. The summed E-state index contributed by atoms with van der Waals surface area (Å²) in [4.78, 5) is 12.6. The van der Waals surface area contributed by atoms with Crippen LogP contribution in [0.3, 0.4) is 0 Å². The maximum atomic E-state index is 12.6. The van der Waals surface area contributed by atoms with Crippen LogP contribution in [0.2, 0.25) is 0 Å². The minimum Gasteiger partial charge on any atom is -0.477 e. The van der Waals surface area contributed by atoms with E-state index in [2.05, 4.69) is 0 Å². The quantitative estimate of drug-likeness (QED) is 0.568. The first-order valence-electron chi connectivity index (χ1n) is 6.78. The van der Waals surface area contributed by atoms with Gasteiger partial charge < -0.3 is 5.11 Å². The molecule has 0 amide bonds. The molecule has 1 N–H and O–H groups in total. The van der Waals surface area contributed by atoms with Crippen molar-refractivity contribution in [1.29, 1.82) is 0 Å². The van der Waals surface area contributed by atoms with Crippen LogP contribution < -0.4 is 9.96 Å². The van der Waals surface area contributed by atoms with Gasteiger partial charge in [-0.15, -0.1) is 0 Å². The van der Waals surface area contributed by atoms with Crippen molar-refractivity contribution >= 4 is 11.0 Å². The van der Waals surface area contributed by atoms with Gasteiger partial charge in [-0.1, -0.05) is 30.3 Å². The number of benzene rings is 1. The van der Waals surface area contributed by atoms with Gasteiger partial charge in [-0.05, 0) is 23.8 Å². The third kappa shape index (κ3) is 1.69. The monoisotopic (exact) mass is 277 g/mol. The molecule has 0 saturated carbocycles. The number of nitrogens with zero attached hydrogens (tertiary/aromatic N) is 2. The van der Waals surface area contributed by atoms with Crippen molar-refractivity contribution in [3.05, 3.63) is 82.4 Å². The minimum atomic E-state index is -0.169. The zero-order valence-electron chi connectivity index (χ0n) is 11.2. The summed E-state index contributed by atoms with van der Waals surface area (Å²) in [5.41, 5.74) is 1.94. The standard InChI is InChI=1S/C17H12N2O2/c20-16-14(11-12-5-2-1-3-6-12)17(21)19-10-8-13-7-4-9-18(16)15(13)19/h1-10H,11H2/p+1. The van der Waals surface area contributed by atoms with Crippen LogP contribution in [0.1, 0.15) is 11.1 Å². The lowest BCUT2D eigenvalue weighted by atomic mass is 10.1. The van der Waals surface area contributed by atoms with Crippen molar-refractivity contribution in [3.8, 4) is 5.88 Å². The second kappa shape index (κ2) is 4.31. The van der Waals surface area contributed by atoms with Crippen LogP contribution in [-0.2, 0) is 6.42 Å². The van der Waals surface area contributed by atoms with E-state index in [-0.39, 0.29) is 11.4 Å². The van der Waals surface area contributed by atoms with Gasteiger partial charge in [-0.3, -0.25) is 0 Å². The summed E-state index contributed by atoms with van der Waals surface area (Å²) in [6, 6.07) is 15.3. The first-order chi connectivity index (χ1) is 10.3. The highest BCUT2D eigenvalue weighted by Crippen LogP contribution is 2.17. The Morgan fingerprint density at radius 1 is 1.05 bits per heavy atom. The lowest BCUT2D eigenvalue weighted by Crippen LogP contribution is -2.32. The Labute approximate surface area is 120 Å². The molecule has 3 heterocycles. The van der Waals surface area contributed by atoms with Crippen LogP contribution in [0, 0.1) is 0 Å². The molecule has 0 radical (unpaired) electrons. The highest BCUT2D eigenvalue weighted by molar-refractivity contribution is 5.73.